The van der Waals surface area contributed by atoms with Crippen molar-refractivity contribution < 1.29 is 14.3 Å². The van der Waals surface area contributed by atoms with E-state index in [1.807, 2.05) is 11.8 Å². The molecule has 1 aliphatic heterocycles. The molecule has 0 aliphatic carbocycles. The third-order valence-electron chi connectivity index (χ3n) is 3.17. The second-order valence-electron chi connectivity index (χ2n) is 5.49. The molecule has 21 heavy (non-hydrogen) atoms. The lowest BCUT2D eigenvalue weighted by molar-refractivity contribution is -0.142. The molecule has 0 spiro atoms. The van der Waals surface area contributed by atoms with Crippen LogP contribution in [0.1, 0.15) is 26.7 Å². The van der Waals surface area contributed by atoms with Crippen LogP contribution in [-0.4, -0.2) is 61.1 Å². The van der Waals surface area contributed by atoms with Crippen molar-refractivity contribution in [2.45, 2.75) is 32.7 Å². The number of carbonyl (C=O) groups excluding carboxylic acids is 2. The largest absolute Gasteiger partial charge is 0.469 e. The molecule has 7 heteroatoms. The Hall–Kier alpha value is -0.460. The van der Waals surface area contributed by atoms with Crippen molar-refractivity contribution >= 4 is 36.0 Å². The van der Waals surface area contributed by atoms with E-state index in [9.17, 15) is 9.59 Å². The Bertz CT molecular complexity index is 323. The van der Waals surface area contributed by atoms with Gasteiger partial charge in [0.25, 0.3) is 0 Å². The van der Waals surface area contributed by atoms with Crippen LogP contribution >= 0.6 is 24.2 Å². The molecule has 0 bridgehead atoms. The van der Waals surface area contributed by atoms with Crippen LogP contribution in [0.15, 0.2) is 0 Å². The van der Waals surface area contributed by atoms with Gasteiger partial charge < -0.3 is 15.0 Å². The molecule has 1 aliphatic rings. The standard InChI is InChI=1S/C14H26N2O3S.ClH/c1-11(2)9-16(6-4-14(18)19-3)13(17)8-12-10-20-7-5-15-12;/h11-12,15H,4-10H2,1-3H3;1H. The average Bonchev–Trinajstić information content (AvgIpc) is 2.43. The quantitative estimate of drug-likeness (QED) is 0.714. The molecular formula is C14H27ClN2O3S. The Morgan fingerprint density at radius 1 is 1.43 bits per heavy atom. The molecule has 1 N–H and O–H groups in total. The van der Waals surface area contributed by atoms with E-state index in [-0.39, 0.29) is 36.7 Å². The molecule has 1 unspecified atom stereocenters. The van der Waals surface area contributed by atoms with Gasteiger partial charge in [0.05, 0.1) is 13.5 Å². The monoisotopic (exact) mass is 338 g/mol. The number of rotatable bonds is 7. The van der Waals surface area contributed by atoms with Gasteiger partial charge in [-0.3, -0.25) is 9.59 Å². The summed E-state index contributed by atoms with van der Waals surface area (Å²) >= 11 is 1.89. The number of ether oxygens (including phenoxy) is 1. The molecular weight excluding hydrogens is 312 g/mol. The highest BCUT2D eigenvalue weighted by Crippen LogP contribution is 2.12. The molecule has 1 saturated heterocycles. The molecule has 1 rings (SSSR count). The van der Waals surface area contributed by atoms with Gasteiger partial charge in [-0.1, -0.05) is 13.8 Å². The van der Waals surface area contributed by atoms with Crippen molar-refractivity contribution in [1.29, 1.82) is 0 Å². The minimum absolute atomic E-state index is 0. The molecule has 0 aromatic heterocycles. The van der Waals surface area contributed by atoms with Crippen LogP contribution in [-0.2, 0) is 14.3 Å². The van der Waals surface area contributed by atoms with E-state index in [1.165, 1.54) is 7.11 Å². The molecule has 0 radical (unpaired) electrons. The van der Waals surface area contributed by atoms with Gasteiger partial charge in [-0.15, -0.1) is 12.4 Å². The van der Waals surface area contributed by atoms with Gasteiger partial charge in [-0.05, 0) is 5.92 Å². The van der Waals surface area contributed by atoms with E-state index in [1.54, 1.807) is 4.90 Å². The number of methoxy groups -OCH3 is 1. The first kappa shape index (κ1) is 20.5. The first-order chi connectivity index (χ1) is 9.52. The SMILES string of the molecule is COC(=O)CCN(CC(C)C)C(=O)CC1CSCCN1.Cl. The van der Waals surface area contributed by atoms with Crippen molar-refractivity contribution in [1.82, 2.24) is 10.2 Å². The molecule has 5 nitrogen and oxygen atoms in total. The van der Waals surface area contributed by atoms with Crippen LogP contribution in [0, 0.1) is 5.92 Å². The second kappa shape index (κ2) is 11.2. The summed E-state index contributed by atoms with van der Waals surface area (Å²) in [6.45, 7) is 6.26. The van der Waals surface area contributed by atoms with E-state index in [2.05, 4.69) is 23.9 Å². The predicted octanol–water partition coefficient (Wildman–Crippen LogP) is 1.55. The van der Waals surface area contributed by atoms with E-state index in [0.717, 1.165) is 18.1 Å². The summed E-state index contributed by atoms with van der Waals surface area (Å²) in [6.07, 6.45) is 0.780. The molecule has 1 amide bonds. The molecule has 0 aromatic rings. The van der Waals surface area contributed by atoms with Crippen molar-refractivity contribution in [3.63, 3.8) is 0 Å². The zero-order chi connectivity index (χ0) is 15.0. The predicted molar refractivity (Wildman–Crippen MR) is 89.0 cm³/mol. The van der Waals surface area contributed by atoms with Crippen molar-refractivity contribution in [3.05, 3.63) is 0 Å². The number of nitrogens with one attached hydrogen (secondary N) is 1. The van der Waals surface area contributed by atoms with Gasteiger partial charge >= 0.3 is 5.97 Å². The zero-order valence-electron chi connectivity index (χ0n) is 13.1. The first-order valence-electron chi connectivity index (χ1n) is 7.18. The van der Waals surface area contributed by atoms with Crippen LogP contribution in [0.5, 0.6) is 0 Å². The van der Waals surface area contributed by atoms with Crippen molar-refractivity contribution in [2.24, 2.45) is 5.92 Å². The number of nitrogens with zero attached hydrogens (tertiary/aromatic N) is 1. The fraction of sp³-hybridized carbons (Fsp3) is 0.857. The van der Waals surface area contributed by atoms with Crippen molar-refractivity contribution in [2.75, 3.05) is 38.2 Å². The molecule has 124 valence electrons. The average molecular weight is 339 g/mol. The highest BCUT2D eigenvalue weighted by Gasteiger charge is 2.22. The fourth-order valence-corrected chi connectivity index (χ4v) is 3.13. The Morgan fingerprint density at radius 3 is 2.67 bits per heavy atom. The minimum atomic E-state index is -0.266. The number of amides is 1. The summed E-state index contributed by atoms with van der Waals surface area (Å²) in [5, 5.41) is 3.37. The van der Waals surface area contributed by atoms with Gasteiger partial charge in [-0.25, -0.2) is 0 Å². The van der Waals surface area contributed by atoms with Crippen molar-refractivity contribution in [3.8, 4) is 0 Å². The maximum atomic E-state index is 12.4. The van der Waals surface area contributed by atoms with Gasteiger partial charge in [-0.2, -0.15) is 11.8 Å². The Morgan fingerprint density at radius 2 is 2.14 bits per heavy atom. The lowest BCUT2D eigenvalue weighted by Crippen LogP contribution is -2.44. The van der Waals surface area contributed by atoms with Gasteiger partial charge in [0.15, 0.2) is 0 Å². The van der Waals surface area contributed by atoms with Crippen LogP contribution in [0.3, 0.4) is 0 Å². The van der Waals surface area contributed by atoms with Crippen LogP contribution in [0.25, 0.3) is 0 Å². The van der Waals surface area contributed by atoms with E-state index in [0.29, 0.717) is 25.4 Å². The number of hydrogen-bond donors (Lipinski definition) is 1. The molecule has 0 aromatic carbocycles. The topological polar surface area (TPSA) is 58.6 Å². The van der Waals surface area contributed by atoms with E-state index in [4.69, 9.17) is 0 Å². The lowest BCUT2D eigenvalue weighted by Gasteiger charge is -2.28. The maximum Gasteiger partial charge on any atom is 0.307 e. The summed E-state index contributed by atoms with van der Waals surface area (Å²) < 4.78 is 4.64. The number of halogens is 1. The Kier molecular flexibility index (Phi) is 10.9. The highest BCUT2D eigenvalue weighted by molar-refractivity contribution is 7.99. The summed E-state index contributed by atoms with van der Waals surface area (Å²) in [7, 11) is 1.38. The molecule has 1 fully saturated rings. The first-order valence-corrected chi connectivity index (χ1v) is 8.34. The zero-order valence-corrected chi connectivity index (χ0v) is 14.7. The third kappa shape index (κ3) is 8.53. The normalized spacial score (nSPS) is 18.0. The number of carbonyl (C=O) groups is 2. The number of esters is 1. The molecule has 1 atom stereocenters. The maximum absolute atomic E-state index is 12.4. The summed E-state index contributed by atoms with van der Waals surface area (Å²) in [6, 6.07) is 0.258. The van der Waals surface area contributed by atoms with E-state index < -0.39 is 0 Å². The molecule has 1 heterocycles. The lowest BCUT2D eigenvalue weighted by atomic mass is 10.1. The number of hydrogen-bond acceptors (Lipinski definition) is 5. The van der Waals surface area contributed by atoms with Crippen LogP contribution < -0.4 is 5.32 Å². The van der Waals surface area contributed by atoms with E-state index >= 15 is 0 Å². The highest BCUT2D eigenvalue weighted by atomic mass is 35.5. The van der Waals surface area contributed by atoms with Crippen LogP contribution in [0.2, 0.25) is 0 Å². The third-order valence-corrected chi connectivity index (χ3v) is 4.30. The van der Waals surface area contributed by atoms with Crippen LogP contribution in [0.4, 0.5) is 0 Å². The van der Waals surface area contributed by atoms with Gasteiger partial charge in [0.1, 0.15) is 0 Å². The Balaban J connectivity index is 0.00000400. The summed E-state index contributed by atoms with van der Waals surface area (Å²) in [5.74, 6) is 2.35. The fourth-order valence-electron chi connectivity index (χ4n) is 2.18. The summed E-state index contributed by atoms with van der Waals surface area (Å²) in [5.41, 5.74) is 0. The second-order valence-corrected chi connectivity index (χ2v) is 6.64. The number of thioether (sulfide) groups is 1. The Labute approximate surface area is 138 Å². The minimum Gasteiger partial charge on any atom is -0.469 e. The van der Waals surface area contributed by atoms with Gasteiger partial charge in [0.2, 0.25) is 5.91 Å². The van der Waals surface area contributed by atoms with Gasteiger partial charge in [0, 0.05) is 43.6 Å². The molecule has 0 saturated carbocycles. The smallest absolute Gasteiger partial charge is 0.307 e. The summed E-state index contributed by atoms with van der Waals surface area (Å²) in [4.78, 5) is 25.4.